The summed E-state index contributed by atoms with van der Waals surface area (Å²) >= 11 is 0. The Labute approximate surface area is 148 Å². The molecule has 0 saturated heterocycles. The first kappa shape index (κ1) is 15.9. The molecule has 0 saturated carbocycles. The number of benzene rings is 1. The van der Waals surface area contributed by atoms with Crippen molar-refractivity contribution in [1.82, 2.24) is 4.98 Å². The highest BCUT2D eigenvalue weighted by molar-refractivity contribution is 5.99. The van der Waals surface area contributed by atoms with E-state index in [2.05, 4.69) is 9.88 Å². The highest BCUT2D eigenvalue weighted by atomic mass is 16.6. The van der Waals surface area contributed by atoms with Gasteiger partial charge in [0.2, 0.25) is 0 Å². The Morgan fingerprint density at radius 3 is 2.23 bits per heavy atom. The van der Waals surface area contributed by atoms with Crippen molar-refractivity contribution in [3.63, 3.8) is 0 Å². The first-order valence-corrected chi connectivity index (χ1v) is 8.03. The van der Waals surface area contributed by atoms with Crippen LogP contribution in [0.3, 0.4) is 0 Å². The number of nitro benzene ring substituents is 1. The molecule has 0 aliphatic carbocycles. The maximum absolute atomic E-state index is 11.3. The van der Waals surface area contributed by atoms with E-state index in [-0.39, 0.29) is 5.69 Å². The lowest BCUT2D eigenvalue weighted by Crippen LogP contribution is -2.22. The second-order valence-electron chi connectivity index (χ2n) is 5.80. The van der Waals surface area contributed by atoms with E-state index in [1.807, 2.05) is 24.3 Å². The van der Waals surface area contributed by atoms with Crippen molar-refractivity contribution in [2.24, 2.45) is 0 Å². The molecule has 0 aliphatic rings. The second kappa shape index (κ2) is 6.72. The molecule has 1 aromatic carbocycles. The van der Waals surface area contributed by atoms with Gasteiger partial charge in [-0.1, -0.05) is 0 Å². The van der Waals surface area contributed by atoms with E-state index < -0.39 is 4.92 Å². The lowest BCUT2D eigenvalue weighted by Gasteiger charge is -2.24. The van der Waals surface area contributed by atoms with Crippen LogP contribution in [-0.2, 0) is 13.1 Å². The Hall–Kier alpha value is -3.61. The van der Waals surface area contributed by atoms with E-state index in [4.69, 9.17) is 8.83 Å². The van der Waals surface area contributed by atoms with E-state index in [0.29, 0.717) is 18.5 Å². The molecule has 0 fully saturated rings. The van der Waals surface area contributed by atoms with Gasteiger partial charge in [0.25, 0.3) is 5.69 Å². The molecule has 7 nitrogen and oxygen atoms in total. The predicted octanol–water partition coefficient (Wildman–Crippen LogP) is 4.54. The van der Waals surface area contributed by atoms with E-state index in [1.54, 1.807) is 30.9 Å². The lowest BCUT2D eigenvalue weighted by atomic mass is 10.1. The van der Waals surface area contributed by atoms with Gasteiger partial charge < -0.3 is 13.7 Å². The van der Waals surface area contributed by atoms with E-state index in [1.165, 1.54) is 12.3 Å². The molecule has 0 unspecified atom stereocenters. The van der Waals surface area contributed by atoms with Crippen LogP contribution in [0.5, 0.6) is 0 Å². The van der Waals surface area contributed by atoms with Crippen LogP contribution in [-0.4, -0.2) is 9.91 Å². The summed E-state index contributed by atoms with van der Waals surface area (Å²) < 4.78 is 11.0. The number of rotatable bonds is 6. The summed E-state index contributed by atoms with van der Waals surface area (Å²) in [6.45, 7) is 1.01. The van der Waals surface area contributed by atoms with Crippen LogP contribution >= 0.6 is 0 Å². The summed E-state index contributed by atoms with van der Waals surface area (Å²) in [6.07, 6.45) is 6.40. The Morgan fingerprint density at radius 2 is 1.65 bits per heavy atom. The second-order valence-corrected chi connectivity index (χ2v) is 5.80. The van der Waals surface area contributed by atoms with Crippen molar-refractivity contribution in [2.45, 2.75) is 13.1 Å². The van der Waals surface area contributed by atoms with Crippen molar-refractivity contribution in [1.29, 1.82) is 0 Å². The molecule has 0 bridgehead atoms. The third-order valence-corrected chi connectivity index (χ3v) is 4.16. The molecule has 0 amide bonds. The summed E-state index contributed by atoms with van der Waals surface area (Å²) in [5.74, 6) is 1.58. The Morgan fingerprint density at radius 1 is 0.962 bits per heavy atom. The minimum absolute atomic E-state index is 0.0350. The van der Waals surface area contributed by atoms with Gasteiger partial charge in [-0.25, -0.2) is 0 Å². The van der Waals surface area contributed by atoms with E-state index in [0.717, 1.165) is 22.6 Å². The number of non-ortho nitro benzene ring substituents is 1. The minimum atomic E-state index is -0.392. The number of anilines is 1. The molecule has 4 rings (SSSR count). The highest BCUT2D eigenvalue weighted by Crippen LogP contribution is 2.34. The molecular formula is C19H15N3O4. The standard InChI is InChI=1S/C19H15N3O4/c23-22(24)19-6-5-18(16-7-8-20-11-17(16)19)21(12-14-3-1-9-25-14)13-15-4-2-10-26-15/h1-11H,12-13H2. The van der Waals surface area contributed by atoms with E-state index in [9.17, 15) is 10.1 Å². The highest BCUT2D eigenvalue weighted by Gasteiger charge is 2.19. The number of furan rings is 2. The van der Waals surface area contributed by atoms with Crippen molar-refractivity contribution >= 4 is 22.1 Å². The number of fused-ring (bicyclic) bond motifs is 1. The molecule has 0 N–H and O–H groups in total. The Kier molecular flexibility index (Phi) is 4.10. The van der Waals surface area contributed by atoms with Crippen molar-refractivity contribution in [3.8, 4) is 0 Å². The summed E-state index contributed by atoms with van der Waals surface area (Å²) in [7, 11) is 0. The number of nitrogens with zero attached hydrogens (tertiary/aromatic N) is 3. The summed E-state index contributed by atoms with van der Waals surface area (Å²) in [5.41, 5.74) is 0.883. The predicted molar refractivity (Wildman–Crippen MR) is 95.7 cm³/mol. The number of pyridine rings is 1. The molecule has 4 aromatic rings. The molecule has 130 valence electrons. The molecule has 0 atom stereocenters. The molecule has 0 aliphatic heterocycles. The summed E-state index contributed by atoms with van der Waals surface area (Å²) in [6, 6.07) is 12.5. The third-order valence-electron chi connectivity index (χ3n) is 4.16. The number of hydrogen-bond donors (Lipinski definition) is 0. The molecule has 0 radical (unpaired) electrons. The zero-order chi connectivity index (χ0) is 17.9. The van der Waals surface area contributed by atoms with Crippen molar-refractivity contribution in [3.05, 3.63) is 89.0 Å². The van der Waals surface area contributed by atoms with Gasteiger partial charge in [0.05, 0.1) is 35.9 Å². The van der Waals surface area contributed by atoms with Crippen LogP contribution < -0.4 is 4.90 Å². The Bertz CT molecular complexity index is 990. The van der Waals surface area contributed by atoms with Gasteiger partial charge >= 0.3 is 0 Å². The smallest absolute Gasteiger partial charge is 0.278 e. The van der Waals surface area contributed by atoms with Gasteiger partial charge in [0.1, 0.15) is 11.5 Å². The van der Waals surface area contributed by atoms with E-state index >= 15 is 0 Å². The first-order valence-electron chi connectivity index (χ1n) is 8.03. The molecule has 26 heavy (non-hydrogen) atoms. The van der Waals surface area contributed by atoms with Crippen molar-refractivity contribution < 1.29 is 13.8 Å². The van der Waals surface area contributed by atoms with Crippen LogP contribution in [0, 0.1) is 10.1 Å². The van der Waals surface area contributed by atoms with Gasteiger partial charge in [0, 0.05) is 29.5 Å². The van der Waals surface area contributed by atoms with Crippen molar-refractivity contribution in [2.75, 3.05) is 4.90 Å². The fourth-order valence-corrected chi connectivity index (χ4v) is 3.00. The normalized spacial score (nSPS) is 10.9. The number of aromatic nitrogens is 1. The minimum Gasteiger partial charge on any atom is -0.467 e. The maximum Gasteiger partial charge on any atom is 0.278 e. The maximum atomic E-state index is 11.3. The zero-order valence-electron chi connectivity index (χ0n) is 13.7. The average Bonchev–Trinajstić information content (AvgIpc) is 3.34. The van der Waals surface area contributed by atoms with Crippen LogP contribution in [0.2, 0.25) is 0 Å². The number of nitro groups is 1. The topological polar surface area (TPSA) is 85.5 Å². The lowest BCUT2D eigenvalue weighted by molar-refractivity contribution is -0.383. The molecule has 3 aromatic heterocycles. The summed E-state index contributed by atoms with van der Waals surface area (Å²) in [4.78, 5) is 17.1. The van der Waals surface area contributed by atoms with Gasteiger partial charge in [0.15, 0.2) is 0 Å². The zero-order valence-corrected chi connectivity index (χ0v) is 13.7. The fraction of sp³-hybridized carbons (Fsp3) is 0.105. The fourth-order valence-electron chi connectivity index (χ4n) is 3.00. The van der Waals surface area contributed by atoms with Gasteiger partial charge in [-0.05, 0) is 36.4 Å². The quantitative estimate of drug-likeness (QED) is 0.375. The van der Waals surface area contributed by atoms with Crippen LogP contribution in [0.1, 0.15) is 11.5 Å². The molecule has 7 heteroatoms. The van der Waals surface area contributed by atoms with Gasteiger partial charge in [-0.3, -0.25) is 15.1 Å². The monoisotopic (exact) mass is 349 g/mol. The van der Waals surface area contributed by atoms with Crippen LogP contribution in [0.4, 0.5) is 11.4 Å². The number of hydrogen-bond acceptors (Lipinski definition) is 6. The molecule has 0 spiro atoms. The molecule has 3 heterocycles. The van der Waals surface area contributed by atoms with Crippen LogP contribution in [0.15, 0.2) is 76.2 Å². The largest absolute Gasteiger partial charge is 0.467 e. The van der Waals surface area contributed by atoms with Gasteiger partial charge in [-0.2, -0.15) is 0 Å². The molecular weight excluding hydrogens is 334 g/mol. The Balaban J connectivity index is 1.82. The first-order chi connectivity index (χ1) is 12.7. The van der Waals surface area contributed by atoms with Crippen LogP contribution in [0.25, 0.3) is 10.8 Å². The SMILES string of the molecule is O=[N+]([O-])c1ccc(N(Cc2ccco2)Cc2ccco2)c2ccncc12. The summed E-state index contributed by atoms with van der Waals surface area (Å²) in [5, 5.41) is 12.6. The van der Waals surface area contributed by atoms with Gasteiger partial charge in [-0.15, -0.1) is 0 Å². The average molecular weight is 349 g/mol. The third kappa shape index (κ3) is 3.02.